The Morgan fingerprint density at radius 1 is 1.06 bits per heavy atom. The third-order valence-corrected chi connectivity index (χ3v) is 2.43. The molecule has 0 aliphatic heterocycles. The van der Waals surface area contributed by atoms with Gasteiger partial charge in [-0.25, -0.2) is 4.79 Å². The Kier molecular flexibility index (Phi) is 9.49. The average molecular weight is 244 g/mol. The number of hydrogen-bond acceptors (Lipinski definition) is 4. The zero-order valence-electron chi connectivity index (χ0n) is 11.2. The minimum absolute atomic E-state index is 0.305. The van der Waals surface area contributed by atoms with Crippen LogP contribution in [-0.4, -0.2) is 24.6 Å². The van der Waals surface area contributed by atoms with Gasteiger partial charge in [-0.15, -0.1) is 0 Å². The highest BCUT2D eigenvalue weighted by molar-refractivity contribution is 5.79. The zero-order chi connectivity index (χ0) is 13.1. The molecular weight excluding hydrogens is 220 g/mol. The second-order valence-corrected chi connectivity index (χ2v) is 3.95. The van der Waals surface area contributed by atoms with Crippen LogP contribution in [-0.2, 0) is 19.1 Å². The molecule has 0 aliphatic rings. The van der Waals surface area contributed by atoms with Gasteiger partial charge < -0.3 is 9.47 Å². The maximum absolute atomic E-state index is 11.5. The van der Waals surface area contributed by atoms with E-state index in [1.165, 1.54) is 0 Å². The summed E-state index contributed by atoms with van der Waals surface area (Å²) in [6.45, 7) is 5.96. The van der Waals surface area contributed by atoms with Crippen molar-refractivity contribution >= 4 is 11.9 Å². The molecule has 0 bridgehead atoms. The fourth-order valence-corrected chi connectivity index (χ4v) is 1.45. The Hall–Kier alpha value is -1.06. The SMILES string of the molecule is CCCCCCC(=O)OC(CC)C(=O)OCC. The lowest BCUT2D eigenvalue weighted by atomic mass is 10.1. The molecule has 1 atom stereocenters. The Bertz CT molecular complexity index is 225. The normalized spacial score (nSPS) is 11.9. The molecular formula is C13H24O4. The third-order valence-electron chi connectivity index (χ3n) is 2.43. The number of hydrogen-bond donors (Lipinski definition) is 0. The minimum atomic E-state index is -0.742. The first-order valence-electron chi connectivity index (χ1n) is 6.51. The average Bonchev–Trinajstić information content (AvgIpc) is 2.32. The van der Waals surface area contributed by atoms with Gasteiger partial charge >= 0.3 is 11.9 Å². The molecule has 0 N–H and O–H groups in total. The first-order valence-corrected chi connectivity index (χ1v) is 6.51. The van der Waals surface area contributed by atoms with Gasteiger partial charge in [0, 0.05) is 6.42 Å². The van der Waals surface area contributed by atoms with Crippen molar-refractivity contribution in [3.63, 3.8) is 0 Å². The lowest BCUT2D eigenvalue weighted by Crippen LogP contribution is -2.28. The molecule has 100 valence electrons. The van der Waals surface area contributed by atoms with E-state index in [0.717, 1.165) is 25.7 Å². The van der Waals surface area contributed by atoms with Crippen LogP contribution in [0.1, 0.15) is 59.3 Å². The van der Waals surface area contributed by atoms with E-state index in [1.54, 1.807) is 13.8 Å². The van der Waals surface area contributed by atoms with Crippen LogP contribution in [0.5, 0.6) is 0 Å². The van der Waals surface area contributed by atoms with Gasteiger partial charge in [0.05, 0.1) is 6.61 Å². The molecule has 4 nitrogen and oxygen atoms in total. The molecule has 0 amide bonds. The van der Waals surface area contributed by atoms with Gasteiger partial charge in [0.1, 0.15) is 0 Å². The highest BCUT2D eigenvalue weighted by atomic mass is 16.6. The van der Waals surface area contributed by atoms with Crippen LogP contribution in [0.4, 0.5) is 0 Å². The van der Waals surface area contributed by atoms with E-state index in [0.29, 0.717) is 19.4 Å². The van der Waals surface area contributed by atoms with Crippen molar-refractivity contribution in [2.24, 2.45) is 0 Å². The summed E-state index contributed by atoms with van der Waals surface area (Å²) in [6, 6.07) is 0. The maximum Gasteiger partial charge on any atom is 0.347 e. The summed E-state index contributed by atoms with van der Waals surface area (Å²) in [5.41, 5.74) is 0. The lowest BCUT2D eigenvalue weighted by Gasteiger charge is -2.14. The van der Waals surface area contributed by atoms with E-state index in [2.05, 4.69) is 6.92 Å². The molecule has 0 heterocycles. The Morgan fingerprint density at radius 2 is 1.76 bits per heavy atom. The highest BCUT2D eigenvalue weighted by Crippen LogP contribution is 2.07. The summed E-state index contributed by atoms with van der Waals surface area (Å²) in [6.07, 6.45) is 4.22. The molecule has 0 aromatic heterocycles. The standard InChI is InChI=1S/C13H24O4/c1-4-7-8-9-10-12(14)17-11(5-2)13(15)16-6-3/h11H,4-10H2,1-3H3. The third kappa shape index (κ3) is 7.77. The van der Waals surface area contributed by atoms with Crippen LogP contribution in [0.3, 0.4) is 0 Å². The Morgan fingerprint density at radius 3 is 2.29 bits per heavy atom. The van der Waals surface area contributed by atoms with Gasteiger partial charge in [-0.2, -0.15) is 0 Å². The molecule has 0 spiro atoms. The second-order valence-electron chi connectivity index (χ2n) is 3.95. The monoisotopic (exact) mass is 244 g/mol. The van der Waals surface area contributed by atoms with Gasteiger partial charge in [0.15, 0.2) is 6.10 Å². The lowest BCUT2D eigenvalue weighted by molar-refractivity contribution is -0.167. The highest BCUT2D eigenvalue weighted by Gasteiger charge is 2.21. The van der Waals surface area contributed by atoms with E-state index < -0.39 is 12.1 Å². The number of rotatable bonds is 9. The molecule has 4 heteroatoms. The van der Waals surface area contributed by atoms with Crippen LogP contribution in [0.2, 0.25) is 0 Å². The summed E-state index contributed by atoms with van der Waals surface area (Å²) >= 11 is 0. The van der Waals surface area contributed by atoms with Crippen LogP contribution in [0.15, 0.2) is 0 Å². The maximum atomic E-state index is 11.5. The molecule has 0 fully saturated rings. The molecule has 17 heavy (non-hydrogen) atoms. The van der Waals surface area contributed by atoms with Crippen LogP contribution in [0.25, 0.3) is 0 Å². The van der Waals surface area contributed by atoms with E-state index in [1.807, 2.05) is 0 Å². The van der Waals surface area contributed by atoms with Crippen molar-refractivity contribution in [1.82, 2.24) is 0 Å². The largest absolute Gasteiger partial charge is 0.463 e. The summed E-state index contributed by atoms with van der Waals surface area (Å²) in [5.74, 6) is -0.752. The molecule has 0 aromatic carbocycles. The van der Waals surface area contributed by atoms with Gasteiger partial charge in [0.2, 0.25) is 0 Å². The Labute approximate surface area is 104 Å². The van der Waals surface area contributed by atoms with Crippen molar-refractivity contribution in [3.05, 3.63) is 0 Å². The molecule has 0 aliphatic carbocycles. The molecule has 0 aromatic rings. The molecule has 0 radical (unpaired) electrons. The summed E-state index contributed by atoms with van der Waals surface area (Å²) in [4.78, 5) is 22.8. The summed E-state index contributed by atoms with van der Waals surface area (Å²) < 4.78 is 9.90. The van der Waals surface area contributed by atoms with E-state index >= 15 is 0 Å². The number of unbranched alkanes of at least 4 members (excludes halogenated alkanes) is 3. The molecule has 1 unspecified atom stereocenters. The first kappa shape index (κ1) is 15.9. The molecule has 0 rings (SSSR count). The van der Waals surface area contributed by atoms with E-state index in [4.69, 9.17) is 9.47 Å². The fraction of sp³-hybridized carbons (Fsp3) is 0.846. The topological polar surface area (TPSA) is 52.6 Å². The number of carbonyl (C=O) groups is 2. The molecule has 0 saturated carbocycles. The van der Waals surface area contributed by atoms with E-state index in [-0.39, 0.29) is 5.97 Å². The number of esters is 2. The Balaban J connectivity index is 3.85. The fourth-order valence-electron chi connectivity index (χ4n) is 1.45. The summed E-state index contributed by atoms with van der Waals surface area (Å²) in [5, 5.41) is 0. The van der Waals surface area contributed by atoms with Crippen LogP contribution >= 0.6 is 0 Å². The van der Waals surface area contributed by atoms with Gasteiger partial charge in [-0.05, 0) is 19.8 Å². The van der Waals surface area contributed by atoms with Crippen molar-refractivity contribution < 1.29 is 19.1 Å². The first-order chi connectivity index (χ1) is 8.15. The minimum Gasteiger partial charge on any atom is -0.463 e. The summed E-state index contributed by atoms with van der Waals surface area (Å²) in [7, 11) is 0. The zero-order valence-corrected chi connectivity index (χ0v) is 11.2. The predicted molar refractivity (Wildman–Crippen MR) is 65.6 cm³/mol. The van der Waals surface area contributed by atoms with Crippen molar-refractivity contribution in [3.8, 4) is 0 Å². The van der Waals surface area contributed by atoms with Crippen molar-refractivity contribution in [2.75, 3.05) is 6.61 Å². The number of ether oxygens (including phenoxy) is 2. The van der Waals surface area contributed by atoms with Crippen LogP contribution in [0, 0.1) is 0 Å². The van der Waals surface area contributed by atoms with Crippen molar-refractivity contribution in [1.29, 1.82) is 0 Å². The van der Waals surface area contributed by atoms with E-state index in [9.17, 15) is 9.59 Å². The van der Waals surface area contributed by atoms with Gasteiger partial charge in [0.25, 0.3) is 0 Å². The van der Waals surface area contributed by atoms with Crippen molar-refractivity contribution in [2.45, 2.75) is 65.4 Å². The van der Waals surface area contributed by atoms with Crippen LogP contribution < -0.4 is 0 Å². The van der Waals surface area contributed by atoms with Gasteiger partial charge in [-0.1, -0.05) is 33.1 Å². The van der Waals surface area contributed by atoms with Gasteiger partial charge in [-0.3, -0.25) is 4.79 Å². The predicted octanol–water partition coefficient (Wildman–Crippen LogP) is 2.84. The second kappa shape index (κ2) is 10.1. The smallest absolute Gasteiger partial charge is 0.347 e. The quantitative estimate of drug-likeness (QED) is 0.462. The molecule has 0 saturated heterocycles. The number of carbonyl (C=O) groups excluding carboxylic acids is 2.